The Morgan fingerprint density at radius 2 is 1.74 bits per heavy atom. The lowest BCUT2D eigenvalue weighted by Gasteiger charge is -2.22. The number of amides is 2. The summed E-state index contributed by atoms with van der Waals surface area (Å²) in [6, 6.07) is 4.52. The van der Waals surface area contributed by atoms with Crippen molar-refractivity contribution >= 4 is 34.6 Å². The third-order valence-corrected chi connectivity index (χ3v) is 5.74. The van der Waals surface area contributed by atoms with Gasteiger partial charge in [0.05, 0.1) is 12.1 Å². The summed E-state index contributed by atoms with van der Waals surface area (Å²) in [6.45, 7) is 10.7. The molecule has 1 aromatic carbocycles. The van der Waals surface area contributed by atoms with Crippen molar-refractivity contribution in [1.82, 2.24) is 4.57 Å². The van der Waals surface area contributed by atoms with E-state index < -0.39 is 23.8 Å². The first-order chi connectivity index (χ1) is 16.0. The molecule has 2 amide bonds. The van der Waals surface area contributed by atoms with Crippen molar-refractivity contribution < 1.29 is 23.5 Å². The quantitative estimate of drug-likeness (QED) is 0.509. The predicted octanol–water partition coefficient (Wildman–Crippen LogP) is 3.69. The van der Waals surface area contributed by atoms with Gasteiger partial charge in [-0.25, -0.2) is 4.79 Å². The molecule has 3 aromatic rings. The number of aromatic nitrogens is 1. The van der Waals surface area contributed by atoms with E-state index >= 15 is 0 Å². The summed E-state index contributed by atoms with van der Waals surface area (Å²) in [4.78, 5) is 50.9. The number of esters is 1. The third kappa shape index (κ3) is 4.33. The van der Waals surface area contributed by atoms with E-state index in [2.05, 4.69) is 5.32 Å². The van der Waals surface area contributed by atoms with Crippen molar-refractivity contribution in [2.24, 2.45) is 5.73 Å². The second-order valence-electron chi connectivity index (χ2n) is 8.25. The summed E-state index contributed by atoms with van der Waals surface area (Å²) in [6.07, 6.45) is 0.285. The highest BCUT2D eigenvalue weighted by molar-refractivity contribution is 6.11. The number of furan rings is 1. The van der Waals surface area contributed by atoms with Crippen LogP contribution in [0.15, 0.2) is 27.4 Å². The van der Waals surface area contributed by atoms with Crippen LogP contribution in [0.2, 0.25) is 0 Å². The van der Waals surface area contributed by atoms with Gasteiger partial charge in [0.2, 0.25) is 11.8 Å². The normalized spacial score (nSPS) is 11.9. The molecule has 0 aliphatic rings. The average Bonchev–Trinajstić information content (AvgIpc) is 3.07. The monoisotopic (exact) mass is 467 g/mol. The Morgan fingerprint density at radius 3 is 2.32 bits per heavy atom. The summed E-state index contributed by atoms with van der Waals surface area (Å²) in [5.74, 6) is -2.49. The summed E-state index contributed by atoms with van der Waals surface area (Å²) in [5, 5.41) is 3.44. The van der Waals surface area contributed by atoms with E-state index in [4.69, 9.17) is 14.9 Å². The number of anilines is 1. The maximum atomic E-state index is 13.4. The van der Waals surface area contributed by atoms with Crippen molar-refractivity contribution in [1.29, 1.82) is 0 Å². The van der Waals surface area contributed by atoms with Gasteiger partial charge in [0.15, 0.2) is 0 Å². The van der Waals surface area contributed by atoms with Gasteiger partial charge in [-0.05, 0) is 58.2 Å². The number of carbonyl (C=O) groups is 3. The van der Waals surface area contributed by atoms with E-state index in [0.29, 0.717) is 5.52 Å². The molecule has 180 valence electrons. The van der Waals surface area contributed by atoms with Gasteiger partial charge in [-0.15, -0.1) is 0 Å². The zero-order chi connectivity index (χ0) is 25.3. The lowest BCUT2D eigenvalue weighted by molar-refractivity contribution is -0.119. The zero-order valence-corrected chi connectivity index (χ0v) is 20.2. The van der Waals surface area contributed by atoms with E-state index in [0.717, 1.165) is 22.1 Å². The molecule has 0 aliphatic heterocycles. The summed E-state index contributed by atoms with van der Waals surface area (Å²) in [5.41, 5.74) is 8.14. The van der Waals surface area contributed by atoms with Crippen molar-refractivity contribution in [3.63, 3.8) is 0 Å². The number of hydrogen-bond acceptors (Lipinski definition) is 6. The predicted molar refractivity (Wildman–Crippen MR) is 128 cm³/mol. The van der Waals surface area contributed by atoms with Gasteiger partial charge in [0.1, 0.15) is 22.9 Å². The van der Waals surface area contributed by atoms with Gasteiger partial charge in [0.25, 0.3) is 11.5 Å². The fraction of sp³-hybridized carbons (Fsp3) is 0.360. The Bertz CT molecular complexity index is 1370. The van der Waals surface area contributed by atoms with Crippen LogP contribution >= 0.6 is 0 Å². The third-order valence-electron chi connectivity index (χ3n) is 5.74. The van der Waals surface area contributed by atoms with Crippen molar-refractivity contribution in [3.8, 4) is 0 Å². The second kappa shape index (κ2) is 9.54. The van der Waals surface area contributed by atoms with Crippen molar-refractivity contribution in [2.45, 2.75) is 54.0 Å². The average molecular weight is 468 g/mol. The molecule has 0 spiro atoms. The Labute approximate surface area is 196 Å². The van der Waals surface area contributed by atoms with Gasteiger partial charge in [-0.2, -0.15) is 0 Å². The molecule has 9 heteroatoms. The molecule has 3 rings (SSSR count). The van der Waals surface area contributed by atoms with Gasteiger partial charge in [-0.1, -0.05) is 18.6 Å². The lowest BCUT2D eigenvalue weighted by Crippen LogP contribution is -2.34. The van der Waals surface area contributed by atoms with E-state index in [1.807, 2.05) is 32.9 Å². The number of fused-ring (bicyclic) bond motifs is 1. The van der Waals surface area contributed by atoms with Crippen LogP contribution in [0.1, 0.15) is 69.5 Å². The topological polar surface area (TPSA) is 134 Å². The SMILES string of the molecule is CCOC(=O)c1c(C)oc(NC(=O)C(CC)n2c(=O)cc(C)c3cc(C)cc(C)c32)c1C(N)=O. The van der Waals surface area contributed by atoms with Gasteiger partial charge in [-0.3, -0.25) is 24.3 Å². The number of rotatable bonds is 7. The molecule has 2 heterocycles. The smallest absolute Gasteiger partial charge is 0.342 e. The Hall–Kier alpha value is -3.88. The number of nitrogens with two attached hydrogens (primary N) is 1. The molecule has 3 N–H and O–H groups in total. The van der Waals surface area contributed by atoms with Gasteiger partial charge < -0.3 is 14.9 Å². The number of primary amides is 1. The Morgan fingerprint density at radius 1 is 1.06 bits per heavy atom. The standard InChI is InChI=1S/C25H29N3O6/c1-7-17(28-18(29)11-13(4)16-10-12(3)9-14(5)21(16)28)23(31)27-24-20(22(26)30)19(15(6)34-24)25(32)33-8-2/h9-11,17H,7-8H2,1-6H3,(H2,26,30)(H,27,31). The Kier molecular flexibility index (Phi) is 6.95. The summed E-state index contributed by atoms with van der Waals surface area (Å²) < 4.78 is 12.0. The largest absolute Gasteiger partial charge is 0.462 e. The number of hydrogen-bond donors (Lipinski definition) is 2. The molecule has 0 bridgehead atoms. The number of nitrogens with one attached hydrogen (secondary N) is 1. The number of nitrogens with zero attached hydrogens (tertiary/aromatic N) is 1. The van der Waals surface area contributed by atoms with E-state index in [9.17, 15) is 19.2 Å². The highest BCUT2D eigenvalue weighted by Gasteiger charge is 2.31. The molecule has 0 radical (unpaired) electrons. The molecular formula is C25H29N3O6. The first-order valence-electron chi connectivity index (χ1n) is 11.1. The van der Waals surface area contributed by atoms with Crippen LogP contribution < -0.4 is 16.6 Å². The molecule has 0 saturated heterocycles. The highest BCUT2D eigenvalue weighted by atomic mass is 16.5. The molecule has 0 aliphatic carbocycles. The van der Waals surface area contributed by atoms with Gasteiger partial charge in [0, 0.05) is 11.5 Å². The van der Waals surface area contributed by atoms with Crippen LogP contribution in [0, 0.1) is 27.7 Å². The molecule has 34 heavy (non-hydrogen) atoms. The molecule has 9 nitrogen and oxygen atoms in total. The number of carbonyl (C=O) groups excluding carboxylic acids is 3. The second-order valence-corrected chi connectivity index (χ2v) is 8.25. The maximum Gasteiger partial charge on any atom is 0.342 e. The number of benzene rings is 1. The molecule has 1 atom stereocenters. The van der Waals surface area contributed by atoms with Crippen molar-refractivity contribution in [2.75, 3.05) is 11.9 Å². The maximum absolute atomic E-state index is 13.4. The van der Waals surface area contributed by atoms with E-state index in [1.165, 1.54) is 17.6 Å². The first-order valence-corrected chi connectivity index (χ1v) is 11.1. The Balaban J connectivity index is 2.13. The minimum Gasteiger partial charge on any atom is -0.462 e. The number of aryl methyl sites for hydroxylation is 4. The molecule has 2 aromatic heterocycles. The molecule has 0 fully saturated rings. The van der Waals surface area contributed by atoms with Gasteiger partial charge >= 0.3 is 5.97 Å². The van der Waals surface area contributed by atoms with Crippen LogP contribution in [-0.2, 0) is 9.53 Å². The summed E-state index contributed by atoms with van der Waals surface area (Å²) >= 11 is 0. The first kappa shape index (κ1) is 24.8. The number of pyridine rings is 1. The van der Waals surface area contributed by atoms with Crippen LogP contribution in [0.3, 0.4) is 0 Å². The number of ether oxygens (including phenoxy) is 1. The molecular weight excluding hydrogens is 438 g/mol. The van der Waals surface area contributed by atoms with Crippen LogP contribution in [0.4, 0.5) is 5.88 Å². The van der Waals surface area contributed by atoms with Crippen molar-refractivity contribution in [3.05, 3.63) is 62.1 Å². The zero-order valence-electron chi connectivity index (χ0n) is 20.2. The fourth-order valence-corrected chi connectivity index (χ4v) is 4.33. The minimum absolute atomic E-state index is 0.0832. The molecule has 0 saturated carbocycles. The molecule has 1 unspecified atom stereocenters. The summed E-state index contributed by atoms with van der Waals surface area (Å²) in [7, 11) is 0. The highest BCUT2D eigenvalue weighted by Crippen LogP contribution is 2.30. The minimum atomic E-state index is -0.951. The van der Waals surface area contributed by atoms with Crippen LogP contribution in [-0.4, -0.2) is 29.0 Å². The van der Waals surface area contributed by atoms with Crippen LogP contribution in [0.25, 0.3) is 10.9 Å². The van der Waals surface area contributed by atoms with E-state index in [1.54, 1.807) is 13.8 Å². The lowest BCUT2D eigenvalue weighted by atomic mass is 10.0. The fourth-order valence-electron chi connectivity index (χ4n) is 4.33. The van der Waals surface area contributed by atoms with E-state index in [-0.39, 0.29) is 41.4 Å². The van der Waals surface area contributed by atoms with Crippen LogP contribution in [0.5, 0.6) is 0 Å².